The molecule has 0 aromatic rings. The smallest absolute Gasteiger partial charge is 0.0119 e. The average Bonchev–Trinajstić information content (AvgIpc) is 2.59. The van der Waals surface area contributed by atoms with Gasteiger partial charge in [-0.25, -0.2) is 0 Å². The lowest BCUT2D eigenvalue weighted by Crippen LogP contribution is -2.48. The van der Waals surface area contributed by atoms with Crippen LogP contribution in [0.2, 0.25) is 0 Å². The highest BCUT2D eigenvalue weighted by Gasteiger charge is 2.27. The standard InChI is InChI=1S/C16H32N2.2C2H6/c1-14(2)13-18-11-9-16(10-12-18)17(3)15-7-5-4-6-8-15;2*1-2/h14-16H,4-13H2,1-3H3;2*1-2H3. The summed E-state index contributed by atoms with van der Waals surface area (Å²) in [4.78, 5) is 5.39. The fourth-order valence-electron chi connectivity index (χ4n) is 3.81. The van der Waals surface area contributed by atoms with Gasteiger partial charge < -0.3 is 9.80 Å². The zero-order valence-electron chi connectivity index (χ0n) is 16.7. The third-order valence-corrected chi connectivity index (χ3v) is 4.91. The molecule has 0 bridgehead atoms. The summed E-state index contributed by atoms with van der Waals surface area (Å²) >= 11 is 0. The van der Waals surface area contributed by atoms with Crippen molar-refractivity contribution in [2.75, 3.05) is 26.7 Å². The van der Waals surface area contributed by atoms with Gasteiger partial charge in [-0.3, -0.25) is 0 Å². The largest absolute Gasteiger partial charge is 0.303 e. The van der Waals surface area contributed by atoms with Crippen LogP contribution in [0.3, 0.4) is 0 Å². The Balaban J connectivity index is 0.00000102. The lowest BCUT2D eigenvalue weighted by Gasteiger charge is -2.42. The molecule has 0 unspecified atom stereocenters. The molecule has 2 rings (SSSR count). The third-order valence-electron chi connectivity index (χ3n) is 4.91. The molecule has 0 N–H and O–H groups in total. The molecule has 2 aliphatic rings. The van der Waals surface area contributed by atoms with Crippen molar-refractivity contribution in [3.63, 3.8) is 0 Å². The molecule has 1 aliphatic heterocycles. The minimum atomic E-state index is 0.817. The number of likely N-dealkylation sites (tertiary alicyclic amines) is 1. The molecule has 0 aromatic carbocycles. The van der Waals surface area contributed by atoms with Crippen molar-refractivity contribution in [2.24, 2.45) is 5.92 Å². The minimum Gasteiger partial charge on any atom is -0.303 e. The van der Waals surface area contributed by atoms with Crippen LogP contribution in [0.15, 0.2) is 0 Å². The SMILES string of the molecule is CC.CC.CC(C)CN1CCC(N(C)C2CCCCC2)CC1. The van der Waals surface area contributed by atoms with Gasteiger partial charge in [-0.1, -0.05) is 60.8 Å². The molecule has 0 atom stereocenters. The molecule has 22 heavy (non-hydrogen) atoms. The molecule has 2 fully saturated rings. The van der Waals surface area contributed by atoms with Crippen LogP contribution in [-0.4, -0.2) is 48.6 Å². The van der Waals surface area contributed by atoms with Crippen molar-refractivity contribution in [1.82, 2.24) is 9.80 Å². The Morgan fingerprint density at radius 3 is 1.73 bits per heavy atom. The zero-order chi connectivity index (χ0) is 17.0. The Bertz CT molecular complexity index is 226. The van der Waals surface area contributed by atoms with Gasteiger partial charge in [-0.15, -0.1) is 0 Å². The molecule has 0 aromatic heterocycles. The predicted molar refractivity (Wildman–Crippen MR) is 102 cm³/mol. The van der Waals surface area contributed by atoms with Gasteiger partial charge in [0.1, 0.15) is 0 Å². The van der Waals surface area contributed by atoms with E-state index in [9.17, 15) is 0 Å². The highest BCUT2D eigenvalue weighted by molar-refractivity contribution is 4.83. The van der Waals surface area contributed by atoms with E-state index in [1.165, 1.54) is 64.6 Å². The van der Waals surface area contributed by atoms with Crippen molar-refractivity contribution >= 4 is 0 Å². The van der Waals surface area contributed by atoms with Gasteiger partial charge in [0.2, 0.25) is 0 Å². The summed E-state index contributed by atoms with van der Waals surface area (Å²) in [5.74, 6) is 0.817. The maximum atomic E-state index is 2.73. The number of piperidine rings is 1. The fourth-order valence-corrected chi connectivity index (χ4v) is 3.81. The Morgan fingerprint density at radius 1 is 0.818 bits per heavy atom. The van der Waals surface area contributed by atoms with Gasteiger partial charge in [-0.2, -0.15) is 0 Å². The van der Waals surface area contributed by atoms with Crippen molar-refractivity contribution in [3.05, 3.63) is 0 Å². The number of nitrogens with zero attached hydrogens (tertiary/aromatic N) is 2. The first-order valence-electron chi connectivity index (χ1n) is 10.1. The van der Waals surface area contributed by atoms with Gasteiger partial charge in [-0.05, 0) is 51.7 Å². The second kappa shape index (κ2) is 13.4. The van der Waals surface area contributed by atoms with Crippen LogP contribution in [0.1, 0.15) is 86.5 Å². The van der Waals surface area contributed by atoms with Crippen LogP contribution < -0.4 is 0 Å². The molecule has 0 amide bonds. The van der Waals surface area contributed by atoms with Gasteiger partial charge in [0.15, 0.2) is 0 Å². The molecule has 1 saturated heterocycles. The van der Waals surface area contributed by atoms with Crippen LogP contribution in [0.5, 0.6) is 0 Å². The molecule has 1 aliphatic carbocycles. The van der Waals surface area contributed by atoms with Crippen molar-refractivity contribution in [3.8, 4) is 0 Å². The normalized spacial score (nSPS) is 21.1. The van der Waals surface area contributed by atoms with E-state index in [0.29, 0.717) is 0 Å². The van der Waals surface area contributed by atoms with Crippen molar-refractivity contribution in [2.45, 2.75) is 98.6 Å². The van der Waals surface area contributed by atoms with E-state index >= 15 is 0 Å². The lowest BCUT2D eigenvalue weighted by molar-refractivity contribution is 0.0761. The maximum absolute atomic E-state index is 2.73. The van der Waals surface area contributed by atoms with E-state index < -0.39 is 0 Å². The summed E-state index contributed by atoms with van der Waals surface area (Å²) in [5.41, 5.74) is 0. The van der Waals surface area contributed by atoms with Crippen LogP contribution in [-0.2, 0) is 0 Å². The van der Waals surface area contributed by atoms with Gasteiger partial charge in [0.05, 0.1) is 0 Å². The topological polar surface area (TPSA) is 6.48 Å². The molecule has 2 heteroatoms. The average molecular weight is 313 g/mol. The molecule has 1 heterocycles. The van der Waals surface area contributed by atoms with Gasteiger partial charge >= 0.3 is 0 Å². The molecule has 1 saturated carbocycles. The van der Waals surface area contributed by atoms with E-state index in [4.69, 9.17) is 0 Å². The first-order valence-corrected chi connectivity index (χ1v) is 10.1. The zero-order valence-corrected chi connectivity index (χ0v) is 16.7. The number of rotatable bonds is 4. The second-order valence-corrected chi connectivity index (χ2v) is 6.88. The molecular weight excluding hydrogens is 268 g/mol. The summed E-state index contributed by atoms with van der Waals surface area (Å²) in [6.07, 6.45) is 10.1. The Labute approximate surface area is 141 Å². The highest BCUT2D eigenvalue weighted by atomic mass is 15.2. The summed E-state index contributed by atoms with van der Waals surface area (Å²) in [7, 11) is 2.39. The lowest BCUT2D eigenvalue weighted by atomic mass is 9.92. The summed E-state index contributed by atoms with van der Waals surface area (Å²) in [6, 6.07) is 1.75. The summed E-state index contributed by atoms with van der Waals surface area (Å²) in [6.45, 7) is 16.6. The predicted octanol–water partition coefficient (Wildman–Crippen LogP) is 5.42. The van der Waals surface area contributed by atoms with Crippen molar-refractivity contribution < 1.29 is 0 Å². The Hall–Kier alpha value is -0.0800. The molecule has 134 valence electrons. The number of hydrogen-bond donors (Lipinski definition) is 0. The maximum Gasteiger partial charge on any atom is 0.0119 e. The number of hydrogen-bond acceptors (Lipinski definition) is 2. The first-order chi connectivity index (χ1) is 10.7. The van der Waals surface area contributed by atoms with Crippen LogP contribution in [0, 0.1) is 5.92 Å². The monoisotopic (exact) mass is 312 g/mol. The fraction of sp³-hybridized carbons (Fsp3) is 1.00. The first kappa shape index (κ1) is 21.9. The van der Waals surface area contributed by atoms with Crippen LogP contribution in [0.25, 0.3) is 0 Å². The van der Waals surface area contributed by atoms with Gasteiger partial charge in [0.25, 0.3) is 0 Å². The van der Waals surface area contributed by atoms with E-state index in [0.717, 1.165) is 18.0 Å². The quantitative estimate of drug-likeness (QED) is 0.683. The molecule has 0 spiro atoms. The molecular formula is C20H44N2. The third kappa shape index (κ3) is 7.97. The van der Waals surface area contributed by atoms with E-state index in [-0.39, 0.29) is 0 Å². The Kier molecular flexibility index (Phi) is 13.3. The van der Waals surface area contributed by atoms with Gasteiger partial charge in [0, 0.05) is 18.6 Å². The second-order valence-electron chi connectivity index (χ2n) is 6.88. The highest BCUT2D eigenvalue weighted by Crippen LogP contribution is 2.26. The summed E-state index contributed by atoms with van der Waals surface area (Å²) < 4.78 is 0. The minimum absolute atomic E-state index is 0.817. The van der Waals surface area contributed by atoms with Crippen LogP contribution >= 0.6 is 0 Å². The Morgan fingerprint density at radius 2 is 1.27 bits per heavy atom. The molecule has 2 nitrogen and oxygen atoms in total. The van der Waals surface area contributed by atoms with Crippen molar-refractivity contribution in [1.29, 1.82) is 0 Å². The molecule has 0 radical (unpaired) electrons. The van der Waals surface area contributed by atoms with E-state index in [1.807, 2.05) is 27.7 Å². The summed E-state index contributed by atoms with van der Waals surface area (Å²) in [5, 5.41) is 0. The van der Waals surface area contributed by atoms with Crippen LogP contribution in [0.4, 0.5) is 0 Å². The van der Waals surface area contributed by atoms with E-state index in [2.05, 4.69) is 30.7 Å². The van der Waals surface area contributed by atoms with E-state index in [1.54, 1.807) is 0 Å².